The first-order valence-electron chi connectivity index (χ1n) is 6.60. The van der Waals surface area contributed by atoms with Gasteiger partial charge in [0.2, 0.25) is 0 Å². The maximum Gasteiger partial charge on any atom is 0.341 e. The zero-order valence-corrected chi connectivity index (χ0v) is 12.3. The molecule has 0 saturated carbocycles. The molecule has 0 unspecified atom stereocenters. The highest BCUT2D eigenvalue weighted by Crippen LogP contribution is 2.13. The van der Waals surface area contributed by atoms with Gasteiger partial charge in [0.1, 0.15) is 0 Å². The van der Waals surface area contributed by atoms with Crippen molar-refractivity contribution < 1.29 is 23.0 Å². The molecule has 116 valence electrons. The van der Waals surface area contributed by atoms with Crippen LogP contribution >= 0.6 is 0 Å². The van der Waals surface area contributed by atoms with Gasteiger partial charge in [-0.1, -0.05) is 6.92 Å². The van der Waals surface area contributed by atoms with Crippen molar-refractivity contribution >= 4 is 5.97 Å². The highest BCUT2D eigenvalue weighted by atomic mass is 19.3. The molecule has 0 aliphatic heterocycles. The van der Waals surface area contributed by atoms with E-state index in [2.05, 4.69) is 9.97 Å². The lowest BCUT2D eigenvalue weighted by Crippen LogP contribution is -2.11. The van der Waals surface area contributed by atoms with Crippen molar-refractivity contribution in [1.29, 1.82) is 0 Å². The molecule has 21 heavy (non-hydrogen) atoms. The van der Waals surface area contributed by atoms with Gasteiger partial charge in [-0.05, 0) is 25.8 Å². The monoisotopic (exact) mass is 300 g/mol. The average molecular weight is 300 g/mol. The molecule has 1 aromatic rings. The van der Waals surface area contributed by atoms with Crippen LogP contribution in [0, 0.1) is 6.92 Å². The molecule has 0 spiro atoms. The average Bonchev–Trinajstić information content (AvgIpc) is 2.44. The van der Waals surface area contributed by atoms with E-state index in [1.807, 2.05) is 6.92 Å². The summed E-state index contributed by atoms with van der Waals surface area (Å²) in [5.74, 6) is -0.637. The second-order valence-corrected chi connectivity index (χ2v) is 4.43. The Bertz CT molecular complexity index is 529. The molecule has 0 aliphatic rings. The Kier molecular flexibility index (Phi) is 6.71. The Labute approximate surface area is 122 Å². The fraction of sp³-hybridized carbons (Fsp3) is 0.500. The molecule has 0 amide bonds. The van der Waals surface area contributed by atoms with Gasteiger partial charge in [-0.2, -0.15) is 13.8 Å². The van der Waals surface area contributed by atoms with E-state index in [0.717, 1.165) is 6.42 Å². The number of nitrogens with zero attached hydrogens (tertiary/aromatic N) is 2. The summed E-state index contributed by atoms with van der Waals surface area (Å²) in [5, 5.41) is 0. The molecule has 1 rings (SSSR count). The van der Waals surface area contributed by atoms with E-state index < -0.39 is 12.0 Å². The Morgan fingerprint density at radius 2 is 2.05 bits per heavy atom. The van der Waals surface area contributed by atoms with Crippen LogP contribution in [-0.2, 0) is 4.74 Å². The highest BCUT2D eigenvalue weighted by molar-refractivity contribution is 5.90. The van der Waals surface area contributed by atoms with Gasteiger partial charge in [0.15, 0.2) is 0 Å². The third kappa shape index (κ3) is 5.45. The van der Waals surface area contributed by atoms with E-state index in [1.54, 1.807) is 6.92 Å². The summed E-state index contributed by atoms with van der Waals surface area (Å²) in [6, 6.07) is 0.198. The lowest BCUT2D eigenvalue weighted by atomic mass is 10.2. The minimum atomic E-state index is -1.75. The number of rotatable bonds is 7. The van der Waals surface area contributed by atoms with Gasteiger partial charge in [-0.15, -0.1) is 0 Å². The Hall–Kier alpha value is -2.05. The Morgan fingerprint density at radius 3 is 2.62 bits per heavy atom. The number of halogens is 2. The number of hydrogen-bond acceptors (Lipinski definition) is 5. The van der Waals surface area contributed by atoms with E-state index in [9.17, 15) is 13.6 Å². The first kappa shape index (κ1) is 17.0. The number of carbonyl (C=O) groups excluding carboxylic acids is 1. The van der Waals surface area contributed by atoms with Crippen LogP contribution in [0.15, 0.2) is 17.9 Å². The molecule has 0 atom stereocenters. The van der Waals surface area contributed by atoms with Gasteiger partial charge in [0, 0.05) is 12.6 Å². The molecule has 0 bridgehead atoms. The molecular weight excluding hydrogens is 282 g/mol. The van der Waals surface area contributed by atoms with E-state index in [1.165, 1.54) is 13.1 Å². The SMILES string of the molecule is CCCOc1ncc(C(=O)OCCC(C)=C(F)F)c(C)n1. The van der Waals surface area contributed by atoms with E-state index >= 15 is 0 Å². The lowest BCUT2D eigenvalue weighted by molar-refractivity contribution is 0.0505. The number of ether oxygens (including phenoxy) is 2. The van der Waals surface area contributed by atoms with Gasteiger partial charge < -0.3 is 9.47 Å². The van der Waals surface area contributed by atoms with Crippen molar-refractivity contribution in [3.63, 3.8) is 0 Å². The predicted molar refractivity (Wildman–Crippen MR) is 72.4 cm³/mol. The van der Waals surface area contributed by atoms with Crippen LogP contribution in [0.2, 0.25) is 0 Å². The first-order chi connectivity index (χ1) is 9.95. The summed E-state index contributed by atoms with van der Waals surface area (Å²) >= 11 is 0. The Morgan fingerprint density at radius 1 is 1.33 bits per heavy atom. The van der Waals surface area contributed by atoms with Crippen LogP contribution in [0.3, 0.4) is 0 Å². The predicted octanol–water partition coefficient (Wildman–Crippen LogP) is 3.29. The Balaban J connectivity index is 2.60. The second-order valence-electron chi connectivity index (χ2n) is 4.43. The first-order valence-corrected chi connectivity index (χ1v) is 6.60. The molecule has 5 nitrogen and oxygen atoms in total. The van der Waals surface area contributed by atoms with Crippen molar-refractivity contribution in [1.82, 2.24) is 9.97 Å². The fourth-order valence-corrected chi connectivity index (χ4v) is 1.38. The van der Waals surface area contributed by atoms with Gasteiger partial charge in [-0.3, -0.25) is 0 Å². The van der Waals surface area contributed by atoms with Crippen molar-refractivity contribution in [2.45, 2.75) is 33.6 Å². The number of carbonyl (C=O) groups is 1. The molecule has 1 aromatic heterocycles. The largest absolute Gasteiger partial charge is 0.463 e. The van der Waals surface area contributed by atoms with Gasteiger partial charge in [-0.25, -0.2) is 9.78 Å². The molecule has 0 aromatic carbocycles. The summed E-state index contributed by atoms with van der Waals surface area (Å²) in [6.07, 6.45) is 0.382. The van der Waals surface area contributed by atoms with Gasteiger partial charge in [0.05, 0.1) is 24.5 Å². The van der Waals surface area contributed by atoms with Crippen molar-refractivity contribution in [2.75, 3.05) is 13.2 Å². The van der Waals surface area contributed by atoms with Crippen molar-refractivity contribution in [2.24, 2.45) is 0 Å². The third-order valence-electron chi connectivity index (χ3n) is 2.65. The molecule has 0 saturated heterocycles. The molecular formula is C14H18F2N2O3. The van der Waals surface area contributed by atoms with Crippen LogP contribution in [0.4, 0.5) is 8.78 Å². The quantitative estimate of drug-likeness (QED) is 0.723. The van der Waals surface area contributed by atoms with Crippen molar-refractivity contribution in [3.05, 3.63) is 29.1 Å². The number of aromatic nitrogens is 2. The van der Waals surface area contributed by atoms with E-state index in [-0.39, 0.29) is 30.2 Å². The molecule has 0 fully saturated rings. The summed E-state index contributed by atoms with van der Waals surface area (Å²) in [7, 11) is 0. The topological polar surface area (TPSA) is 61.3 Å². The van der Waals surface area contributed by atoms with Crippen LogP contribution in [0.25, 0.3) is 0 Å². The minimum absolute atomic E-state index is 0.00826. The van der Waals surface area contributed by atoms with Crippen LogP contribution in [0.5, 0.6) is 6.01 Å². The molecule has 0 aliphatic carbocycles. The fourth-order valence-electron chi connectivity index (χ4n) is 1.38. The minimum Gasteiger partial charge on any atom is -0.463 e. The summed E-state index contributed by atoms with van der Waals surface area (Å²) in [4.78, 5) is 19.7. The van der Waals surface area contributed by atoms with Gasteiger partial charge in [0.25, 0.3) is 6.08 Å². The maximum absolute atomic E-state index is 12.2. The summed E-state index contributed by atoms with van der Waals surface area (Å²) < 4.78 is 34.6. The number of aryl methyl sites for hydroxylation is 1. The van der Waals surface area contributed by atoms with Crippen LogP contribution < -0.4 is 4.74 Å². The number of esters is 1. The smallest absolute Gasteiger partial charge is 0.341 e. The number of hydrogen-bond donors (Lipinski definition) is 0. The van der Waals surface area contributed by atoms with E-state index in [0.29, 0.717) is 12.3 Å². The second kappa shape index (κ2) is 8.28. The zero-order valence-electron chi connectivity index (χ0n) is 12.3. The normalized spacial score (nSPS) is 10.1. The standard InChI is InChI=1S/C14H18F2N2O3/c1-4-6-21-14-17-8-11(10(3)18-14)13(19)20-7-5-9(2)12(15)16/h8H,4-7H2,1-3H3. The van der Waals surface area contributed by atoms with E-state index in [4.69, 9.17) is 9.47 Å². The maximum atomic E-state index is 12.2. The summed E-state index contributed by atoms with van der Waals surface area (Å²) in [5.41, 5.74) is 0.519. The third-order valence-corrected chi connectivity index (χ3v) is 2.65. The molecule has 7 heteroatoms. The van der Waals surface area contributed by atoms with Gasteiger partial charge >= 0.3 is 12.0 Å². The molecule has 0 N–H and O–H groups in total. The zero-order chi connectivity index (χ0) is 15.8. The van der Waals surface area contributed by atoms with Crippen molar-refractivity contribution in [3.8, 4) is 6.01 Å². The summed E-state index contributed by atoms with van der Waals surface area (Å²) in [6.45, 7) is 5.25. The lowest BCUT2D eigenvalue weighted by Gasteiger charge is -2.08. The highest BCUT2D eigenvalue weighted by Gasteiger charge is 2.14. The van der Waals surface area contributed by atoms with Crippen LogP contribution in [-0.4, -0.2) is 29.2 Å². The molecule has 0 radical (unpaired) electrons. The molecule has 1 heterocycles. The van der Waals surface area contributed by atoms with Crippen LogP contribution in [0.1, 0.15) is 42.7 Å².